The minimum Gasteiger partial charge on any atom is -0.406 e. The number of nitrogens with one attached hydrogen (secondary N) is 1. The van der Waals surface area contributed by atoms with E-state index < -0.39 is 6.36 Å². The molecule has 1 atom stereocenters. The first kappa shape index (κ1) is 21.4. The second-order valence-electron chi connectivity index (χ2n) is 6.10. The molecule has 2 aliphatic rings. The van der Waals surface area contributed by atoms with Crippen LogP contribution in [0.25, 0.3) is 0 Å². The normalized spacial score (nSPS) is 19.8. The van der Waals surface area contributed by atoms with Crippen LogP contribution in [0.4, 0.5) is 13.2 Å². The molecule has 1 aliphatic heterocycles. The van der Waals surface area contributed by atoms with Crippen LogP contribution in [0.3, 0.4) is 0 Å². The van der Waals surface area contributed by atoms with E-state index in [1.54, 1.807) is 12.1 Å². The lowest BCUT2D eigenvalue weighted by molar-refractivity contribution is -0.274. The van der Waals surface area contributed by atoms with Crippen LogP contribution >= 0.6 is 24.8 Å². The van der Waals surface area contributed by atoms with Gasteiger partial charge in [0.1, 0.15) is 5.75 Å². The number of hydrogen-bond acceptors (Lipinski definition) is 3. The molecular formula is C16H23Cl2F3N2O. The van der Waals surface area contributed by atoms with Gasteiger partial charge < -0.3 is 10.1 Å². The second kappa shape index (κ2) is 9.13. The number of benzene rings is 1. The van der Waals surface area contributed by atoms with Crippen molar-refractivity contribution >= 4 is 24.8 Å². The molecule has 1 aliphatic carbocycles. The Balaban J connectivity index is 0.00000144. The number of halogens is 5. The van der Waals surface area contributed by atoms with E-state index in [1.165, 1.54) is 18.9 Å². The molecule has 2 fully saturated rings. The SMILES string of the molecule is Cl.Cl.FC(F)(F)Oc1cccc([C@H](CC2CC2)N2CCNCC2)c1. The summed E-state index contributed by atoms with van der Waals surface area (Å²) in [6, 6.07) is 6.66. The molecule has 0 spiro atoms. The molecule has 3 nitrogen and oxygen atoms in total. The number of alkyl halides is 3. The van der Waals surface area contributed by atoms with Crippen LogP contribution in [-0.2, 0) is 0 Å². The predicted octanol–water partition coefficient (Wildman–Crippen LogP) is 4.18. The Labute approximate surface area is 152 Å². The molecule has 0 bridgehead atoms. The average Bonchev–Trinajstić information content (AvgIpc) is 3.28. The van der Waals surface area contributed by atoms with Crippen LogP contribution in [-0.4, -0.2) is 37.4 Å². The number of ether oxygens (including phenoxy) is 1. The van der Waals surface area contributed by atoms with Gasteiger partial charge in [0.25, 0.3) is 0 Å². The first-order valence-electron chi connectivity index (χ1n) is 7.82. The Morgan fingerprint density at radius 3 is 2.42 bits per heavy atom. The predicted molar refractivity (Wildman–Crippen MR) is 92.1 cm³/mol. The fourth-order valence-electron chi connectivity index (χ4n) is 3.08. The van der Waals surface area contributed by atoms with Crippen LogP contribution in [0, 0.1) is 5.92 Å². The summed E-state index contributed by atoms with van der Waals surface area (Å²) in [6.07, 6.45) is -1.14. The van der Waals surface area contributed by atoms with Crippen molar-refractivity contribution in [1.29, 1.82) is 0 Å². The molecule has 1 aromatic rings. The van der Waals surface area contributed by atoms with Gasteiger partial charge in [-0.3, -0.25) is 4.90 Å². The van der Waals surface area contributed by atoms with Gasteiger partial charge in [0.05, 0.1) is 0 Å². The van der Waals surface area contributed by atoms with Crippen molar-refractivity contribution in [3.8, 4) is 5.75 Å². The first-order valence-corrected chi connectivity index (χ1v) is 7.82. The summed E-state index contributed by atoms with van der Waals surface area (Å²) in [7, 11) is 0. The van der Waals surface area contributed by atoms with Gasteiger partial charge in [-0.15, -0.1) is 38.0 Å². The van der Waals surface area contributed by atoms with E-state index in [2.05, 4.69) is 15.0 Å². The molecule has 1 aromatic carbocycles. The van der Waals surface area contributed by atoms with Crippen LogP contribution in [0.5, 0.6) is 5.75 Å². The van der Waals surface area contributed by atoms with Crippen LogP contribution in [0.1, 0.15) is 30.9 Å². The van der Waals surface area contributed by atoms with Gasteiger partial charge in [-0.05, 0) is 30.0 Å². The quantitative estimate of drug-likeness (QED) is 0.821. The summed E-state index contributed by atoms with van der Waals surface area (Å²) in [6.45, 7) is 3.73. The van der Waals surface area contributed by atoms with E-state index >= 15 is 0 Å². The highest BCUT2D eigenvalue weighted by atomic mass is 35.5. The van der Waals surface area contributed by atoms with E-state index in [9.17, 15) is 13.2 Å². The van der Waals surface area contributed by atoms with Gasteiger partial charge in [-0.2, -0.15) is 0 Å². The maximum atomic E-state index is 12.4. The largest absolute Gasteiger partial charge is 0.573 e. The van der Waals surface area contributed by atoms with Crippen molar-refractivity contribution in [2.24, 2.45) is 5.92 Å². The fraction of sp³-hybridized carbons (Fsp3) is 0.625. The molecule has 3 rings (SSSR count). The lowest BCUT2D eigenvalue weighted by Crippen LogP contribution is -2.45. The summed E-state index contributed by atoms with van der Waals surface area (Å²) in [4.78, 5) is 2.38. The summed E-state index contributed by atoms with van der Waals surface area (Å²) in [5.74, 6) is 0.591. The van der Waals surface area contributed by atoms with Gasteiger partial charge in [0.2, 0.25) is 0 Å². The van der Waals surface area contributed by atoms with Gasteiger partial charge in [0.15, 0.2) is 0 Å². The minimum absolute atomic E-state index is 0. The van der Waals surface area contributed by atoms with Crippen molar-refractivity contribution < 1.29 is 17.9 Å². The average molecular weight is 387 g/mol. The van der Waals surface area contributed by atoms with Crippen LogP contribution in [0.2, 0.25) is 0 Å². The zero-order valence-corrected chi connectivity index (χ0v) is 14.9. The molecule has 0 aromatic heterocycles. The Hall–Kier alpha value is -0.690. The van der Waals surface area contributed by atoms with Crippen molar-refractivity contribution in [3.63, 3.8) is 0 Å². The van der Waals surface area contributed by atoms with Crippen molar-refractivity contribution in [2.75, 3.05) is 26.2 Å². The maximum Gasteiger partial charge on any atom is 0.573 e. The van der Waals surface area contributed by atoms with Crippen molar-refractivity contribution in [3.05, 3.63) is 29.8 Å². The van der Waals surface area contributed by atoms with E-state index in [0.29, 0.717) is 5.92 Å². The van der Waals surface area contributed by atoms with Crippen LogP contribution < -0.4 is 10.1 Å². The molecule has 1 N–H and O–H groups in total. The second-order valence-corrected chi connectivity index (χ2v) is 6.10. The topological polar surface area (TPSA) is 24.5 Å². The van der Waals surface area contributed by atoms with Crippen molar-refractivity contribution in [2.45, 2.75) is 31.7 Å². The molecule has 8 heteroatoms. The Morgan fingerprint density at radius 2 is 1.83 bits per heavy atom. The highest BCUT2D eigenvalue weighted by Crippen LogP contribution is 2.41. The van der Waals surface area contributed by atoms with Crippen LogP contribution in [0.15, 0.2) is 24.3 Å². The van der Waals surface area contributed by atoms with Gasteiger partial charge in [-0.25, -0.2) is 0 Å². The molecule has 0 radical (unpaired) electrons. The van der Waals surface area contributed by atoms with Crippen molar-refractivity contribution in [1.82, 2.24) is 10.2 Å². The number of rotatable bonds is 5. The maximum absolute atomic E-state index is 12.4. The highest BCUT2D eigenvalue weighted by Gasteiger charge is 2.33. The number of nitrogens with zero attached hydrogens (tertiary/aromatic N) is 1. The minimum atomic E-state index is -4.64. The zero-order valence-electron chi connectivity index (χ0n) is 13.2. The third kappa shape index (κ3) is 6.31. The Bertz CT molecular complexity index is 506. The molecule has 0 unspecified atom stereocenters. The zero-order chi connectivity index (χ0) is 15.6. The molecule has 1 saturated heterocycles. The lowest BCUT2D eigenvalue weighted by Gasteiger charge is -2.35. The molecule has 1 saturated carbocycles. The summed E-state index contributed by atoms with van der Waals surface area (Å²) >= 11 is 0. The molecule has 0 amide bonds. The van der Waals surface area contributed by atoms with E-state index in [-0.39, 0.29) is 36.6 Å². The summed E-state index contributed by atoms with van der Waals surface area (Å²) in [5, 5.41) is 3.32. The standard InChI is InChI=1S/C16H21F3N2O.2ClH/c17-16(18,19)22-14-3-1-2-13(11-14)15(10-12-4-5-12)21-8-6-20-7-9-21;;/h1-3,11-12,15,20H,4-10H2;2*1H/t15-;;/m0../s1. The van der Waals surface area contributed by atoms with E-state index in [1.807, 2.05) is 6.07 Å². The van der Waals surface area contributed by atoms with E-state index in [0.717, 1.165) is 38.2 Å². The lowest BCUT2D eigenvalue weighted by atomic mass is 9.98. The fourth-order valence-corrected chi connectivity index (χ4v) is 3.08. The molecule has 138 valence electrons. The first-order chi connectivity index (χ1) is 10.5. The highest BCUT2D eigenvalue weighted by molar-refractivity contribution is 5.85. The van der Waals surface area contributed by atoms with Gasteiger partial charge in [0, 0.05) is 32.2 Å². The monoisotopic (exact) mass is 386 g/mol. The molecular weight excluding hydrogens is 364 g/mol. The smallest absolute Gasteiger partial charge is 0.406 e. The van der Waals surface area contributed by atoms with E-state index in [4.69, 9.17) is 0 Å². The third-order valence-electron chi connectivity index (χ3n) is 4.32. The number of hydrogen-bond donors (Lipinski definition) is 1. The Kier molecular flexibility index (Phi) is 8.12. The molecule has 24 heavy (non-hydrogen) atoms. The summed E-state index contributed by atoms with van der Waals surface area (Å²) in [5.41, 5.74) is 0.926. The third-order valence-corrected chi connectivity index (χ3v) is 4.32. The summed E-state index contributed by atoms with van der Waals surface area (Å²) < 4.78 is 41.3. The van der Waals surface area contributed by atoms with Gasteiger partial charge >= 0.3 is 6.36 Å². The Morgan fingerprint density at radius 1 is 1.17 bits per heavy atom. The number of piperazine rings is 1. The van der Waals surface area contributed by atoms with Gasteiger partial charge in [-0.1, -0.05) is 25.0 Å². The molecule has 1 heterocycles.